The Bertz CT molecular complexity index is 421. The van der Waals surface area contributed by atoms with Crippen LogP contribution >= 0.6 is 15.9 Å². The van der Waals surface area contributed by atoms with E-state index >= 15 is 0 Å². The highest BCUT2D eigenvalue weighted by Gasteiger charge is 2.43. The molecule has 98 valence electrons. The fourth-order valence-electron chi connectivity index (χ4n) is 2.79. The molecule has 0 amide bonds. The Morgan fingerprint density at radius 2 is 1.72 bits per heavy atom. The first kappa shape index (κ1) is 13.6. The average Bonchev–Trinajstić information content (AvgIpc) is 2.32. The van der Waals surface area contributed by atoms with Crippen LogP contribution in [0.4, 0.5) is 0 Å². The third kappa shape index (κ3) is 2.75. The number of benzene rings is 1. The molecule has 2 N–H and O–H groups in total. The minimum atomic E-state index is -1.10. The van der Waals surface area contributed by atoms with Crippen molar-refractivity contribution in [2.24, 2.45) is 0 Å². The van der Waals surface area contributed by atoms with Gasteiger partial charge in [0.2, 0.25) is 0 Å². The molecule has 3 nitrogen and oxygen atoms in total. The van der Waals surface area contributed by atoms with E-state index in [1.807, 2.05) is 12.1 Å². The zero-order valence-electron chi connectivity index (χ0n) is 10.1. The third-order valence-corrected chi connectivity index (χ3v) is 4.24. The van der Waals surface area contributed by atoms with Gasteiger partial charge in [0, 0.05) is 4.47 Å². The number of carboxylic acid groups (broad SMARTS) is 1. The van der Waals surface area contributed by atoms with E-state index in [2.05, 4.69) is 15.9 Å². The number of halogens is 1. The lowest BCUT2D eigenvalue weighted by atomic mass is 9.73. The number of hydrogen-bond acceptors (Lipinski definition) is 2. The molecule has 2 rings (SSSR count). The van der Waals surface area contributed by atoms with Crippen LogP contribution in [0.5, 0.6) is 0 Å². The number of carbonyl (C=O) groups is 1. The largest absolute Gasteiger partial charge is 0.481 e. The van der Waals surface area contributed by atoms with Gasteiger partial charge in [-0.15, -0.1) is 0 Å². The fraction of sp³-hybridized carbons (Fsp3) is 0.500. The van der Waals surface area contributed by atoms with E-state index < -0.39 is 17.5 Å². The molecule has 1 saturated carbocycles. The Labute approximate surface area is 115 Å². The maximum Gasteiger partial charge on any atom is 0.313 e. The molecule has 0 bridgehead atoms. The first-order chi connectivity index (χ1) is 8.53. The lowest BCUT2D eigenvalue weighted by Gasteiger charge is -2.37. The first-order valence-electron chi connectivity index (χ1n) is 6.23. The van der Waals surface area contributed by atoms with Gasteiger partial charge in [0.05, 0.1) is 5.60 Å². The predicted molar refractivity (Wildman–Crippen MR) is 72.6 cm³/mol. The summed E-state index contributed by atoms with van der Waals surface area (Å²) in [4.78, 5) is 11.5. The van der Waals surface area contributed by atoms with Crippen LogP contribution in [0.15, 0.2) is 28.7 Å². The molecule has 1 fully saturated rings. The van der Waals surface area contributed by atoms with Crippen LogP contribution in [-0.2, 0) is 4.79 Å². The van der Waals surface area contributed by atoms with Crippen molar-refractivity contribution in [3.63, 3.8) is 0 Å². The normalized spacial score (nSPS) is 20.3. The molecule has 1 atom stereocenters. The van der Waals surface area contributed by atoms with Crippen molar-refractivity contribution in [2.45, 2.75) is 43.6 Å². The molecule has 1 aliphatic carbocycles. The number of rotatable bonds is 3. The molecular formula is C14H17BrO3. The molecule has 1 aromatic rings. The predicted octanol–water partition coefficient (Wildman–Crippen LogP) is 3.31. The molecule has 1 unspecified atom stereocenters. The highest BCUT2D eigenvalue weighted by molar-refractivity contribution is 9.10. The summed E-state index contributed by atoms with van der Waals surface area (Å²) >= 11 is 3.33. The summed E-state index contributed by atoms with van der Waals surface area (Å²) in [5.74, 6) is -1.77. The number of aliphatic carboxylic acids is 1. The summed E-state index contributed by atoms with van der Waals surface area (Å²) in [5.41, 5.74) is -0.423. The Balaban J connectivity index is 2.33. The van der Waals surface area contributed by atoms with Crippen molar-refractivity contribution in [3.05, 3.63) is 34.3 Å². The van der Waals surface area contributed by atoms with Crippen LogP contribution in [0, 0.1) is 0 Å². The lowest BCUT2D eigenvalue weighted by Crippen LogP contribution is -2.42. The lowest BCUT2D eigenvalue weighted by molar-refractivity contribution is -0.147. The van der Waals surface area contributed by atoms with Gasteiger partial charge in [0.15, 0.2) is 0 Å². The molecule has 0 heterocycles. The Kier molecular flexibility index (Phi) is 4.07. The SMILES string of the molecule is O=C(O)C(c1ccc(Br)cc1)C1(O)CCCCC1. The van der Waals surface area contributed by atoms with Gasteiger partial charge in [-0.1, -0.05) is 47.3 Å². The van der Waals surface area contributed by atoms with E-state index in [9.17, 15) is 15.0 Å². The highest BCUT2D eigenvalue weighted by Crippen LogP contribution is 2.40. The molecule has 0 radical (unpaired) electrons. The van der Waals surface area contributed by atoms with Crippen molar-refractivity contribution >= 4 is 21.9 Å². The molecule has 0 aromatic heterocycles. The summed E-state index contributed by atoms with van der Waals surface area (Å²) < 4.78 is 0.908. The molecule has 0 saturated heterocycles. The van der Waals surface area contributed by atoms with E-state index in [0.717, 1.165) is 23.7 Å². The van der Waals surface area contributed by atoms with Crippen LogP contribution in [0.3, 0.4) is 0 Å². The van der Waals surface area contributed by atoms with Gasteiger partial charge in [0.25, 0.3) is 0 Å². The second kappa shape index (κ2) is 5.41. The van der Waals surface area contributed by atoms with Crippen molar-refractivity contribution in [1.82, 2.24) is 0 Å². The van der Waals surface area contributed by atoms with Crippen LogP contribution < -0.4 is 0 Å². The van der Waals surface area contributed by atoms with Gasteiger partial charge >= 0.3 is 5.97 Å². The van der Waals surface area contributed by atoms with Crippen molar-refractivity contribution in [3.8, 4) is 0 Å². The molecule has 0 aliphatic heterocycles. The Hall–Kier alpha value is -0.870. The van der Waals surface area contributed by atoms with E-state index in [1.165, 1.54) is 0 Å². The van der Waals surface area contributed by atoms with E-state index in [1.54, 1.807) is 12.1 Å². The van der Waals surface area contributed by atoms with Crippen LogP contribution in [-0.4, -0.2) is 21.8 Å². The van der Waals surface area contributed by atoms with Crippen LogP contribution in [0.2, 0.25) is 0 Å². The second-order valence-electron chi connectivity index (χ2n) is 4.99. The molecular weight excluding hydrogens is 296 g/mol. The molecule has 18 heavy (non-hydrogen) atoms. The molecule has 4 heteroatoms. The number of hydrogen-bond donors (Lipinski definition) is 2. The van der Waals surface area contributed by atoms with Gasteiger partial charge in [-0.25, -0.2) is 0 Å². The smallest absolute Gasteiger partial charge is 0.313 e. The van der Waals surface area contributed by atoms with Gasteiger partial charge in [-0.05, 0) is 30.5 Å². The van der Waals surface area contributed by atoms with E-state index in [-0.39, 0.29) is 0 Å². The summed E-state index contributed by atoms with van der Waals surface area (Å²) in [6, 6.07) is 7.18. The average molecular weight is 313 g/mol. The highest BCUT2D eigenvalue weighted by atomic mass is 79.9. The van der Waals surface area contributed by atoms with Gasteiger partial charge in [0.1, 0.15) is 5.92 Å². The Morgan fingerprint density at radius 3 is 2.22 bits per heavy atom. The number of aliphatic hydroxyl groups is 1. The van der Waals surface area contributed by atoms with E-state index in [4.69, 9.17) is 0 Å². The zero-order valence-corrected chi connectivity index (χ0v) is 11.7. The number of carboxylic acids is 1. The summed E-state index contributed by atoms with van der Waals surface area (Å²) in [5, 5.41) is 20.1. The van der Waals surface area contributed by atoms with Gasteiger partial charge in [-0.2, -0.15) is 0 Å². The summed E-state index contributed by atoms with van der Waals surface area (Å²) in [7, 11) is 0. The van der Waals surface area contributed by atoms with Crippen molar-refractivity contribution in [1.29, 1.82) is 0 Å². The monoisotopic (exact) mass is 312 g/mol. The minimum Gasteiger partial charge on any atom is -0.481 e. The van der Waals surface area contributed by atoms with Gasteiger partial charge in [-0.3, -0.25) is 4.79 Å². The quantitative estimate of drug-likeness (QED) is 0.900. The summed E-state index contributed by atoms with van der Waals surface area (Å²) in [6.07, 6.45) is 4.02. The zero-order chi connectivity index (χ0) is 13.2. The maximum atomic E-state index is 11.5. The minimum absolute atomic E-state index is 0.569. The van der Waals surface area contributed by atoms with Gasteiger partial charge < -0.3 is 10.2 Å². The third-order valence-electron chi connectivity index (χ3n) is 3.71. The Morgan fingerprint density at radius 1 is 1.17 bits per heavy atom. The van der Waals surface area contributed by atoms with Crippen molar-refractivity contribution < 1.29 is 15.0 Å². The standard InChI is InChI=1S/C14H17BrO3/c15-11-6-4-10(5-7-11)12(13(16)17)14(18)8-2-1-3-9-14/h4-7,12,18H,1-3,8-9H2,(H,16,17). The van der Waals surface area contributed by atoms with E-state index in [0.29, 0.717) is 18.4 Å². The van der Waals surface area contributed by atoms with Crippen molar-refractivity contribution in [2.75, 3.05) is 0 Å². The maximum absolute atomic E-state index is 11.5. The van der Waals surface area contributed by atoms with Crippen LogP contribution in [0.25, 0.3) is 0 Å². The molecule has 1 aromatic carbocycles. The second-order valence-corrected chi connectivity index (χ2v) is 5.90. The first-order valence-corrected chi connectivity index (χ1v) is 7.03. The molecule has 0 spiro atoms. The topological polar surface area (TPSA) is 57.5 Å². The molecule has 1 aliphatic rings. The summed E-state index contributed by atoms with van der Waals surface area (Å²) in [6.45, 7) is 0. The fourth-order valence-corrected chi connectivity index (χ4v) is 3.05. The van der Waals surface area contributed by atoms with Crippen LogP contribution in [0.1, 0.15) is 43.6 Å².